The summed E-state index contributed by atoms with van der Waals surface area (Å²) < 4.78 is 27.9. The van der Waals surface area contributed by atoms with Crippen LogP contribution in [-0.2, 0) is 19.4 Å². The van der Waals surface area contributed by atoms with E-state index < -0.39 is 28.3 Å². The largest absolute Gasteiger partial charge is 0.451 e. The first kappa shape index (κ1) is 18.8. The molecule has 0 radical (unpaired) electrons. The van der Waals surface area contributed by atoms with E-state index in [4.69, 9.17) is 16.3 Å². The van der Waals surface area contributed by atoms with E-state index in [1.807, 2.05) is 0 Å². The molecule has 2 aromatic rings. The van der Waals surface area contributed by atoms with E-state index in [0.29, 0.717) is 5.69 Å². The Bertz CT molecular complexity index is 913. The fourth-order valence-electron chi connectivity index (χ4n) is 1.72. The third-order valence-corrected chi connectivity index (χ3v) is 4.40. The summed E-state index contributed by atoms with van der Waals surface area (Å²) >= 11 is 5.93. The minimum atomic E-state index is -3.45. The van der Waals surface area contributed by atoms with Gasteiger partial charge in [-0.15, -0.1) is 0 Å². The van der Waals surface area contributed by atoms with Crippen LogP contribution in [0, 0.1) is 6.92 Å². The smallest absolute Gasteiger partial charge is 0.359 e. The second kappa shape index (κ2) is 7.58. The molecule has 0 saturated heterocycles. The summed E-state index contributed by atoms with van der Waals surface area (Å²) in [6.45, 7) is 1.12. The van der Waals surface area contributed by atoms with Gasteiger partial charge < -0.3 is 10.1 Å². The molecule has 0 fully saturated rings. The van der Waals surface area contributed by atoms with E-state index in [9.17, 15) is 18.0 Å². The van der Waals surface area contributed by atoms with Crippen molar-refractivity contribution >= 4 is 39.0 Å². The van der Waals surface area contributed by atoms with Gasteiger partial charge >= 0.3 is 5.97 Å². The predicted octanol–water partition coefficient (Wildman–Crippen LogP) is 1.64. The highest BCUT2D eigenvalue weighted by molar-refractivity contribution is 7.90. The number of nitrogens with one attached hydrogen (secondary N) is 1. The Morgan fingerprint density at radius 3 is 2.56 bits per heavy atom. The van der Waals surface area contributed by atoms with Gasteiger partial charge in [0.05, 0.1) is 27.5 Å². The SMILES string of the molecule is Cc1cnc(C(=O)OCC(=O)Nc2cc(S(C)(=O)=O)ccc2Cl)cn1. The first-order valence-electron chi connectivity index (χ1n) is 6.92. The number of ether oxygens (including phenoxy) is 1. The van der Waals surface area contributed by atoms with Crippen molar-refractivity contribution in [2.24, 2.45) is 0 Å². The zero-order valence-electron chi connectivity index (χ0n) is 13.3. The van der Waals surface area contributed by atoms with Gasteiger partial charge in [0, 0.05) is 12.5 Å². The maximum Gasteiger partial charge on any atom is 0.359 e. The molecule has 1 aromatic heterocycles. The van der Waals surface area contributed by atoms with Crippen molar-refractivity contribution < 1.29 is 22.7 Å². The van der Waals surface area contributed by atoms with Crippen LogP contribution in [0.1, 0.15) is 16.2 Å². The Hall–Kier alpha value is -2.52. The molecule has 0 atom stereocenters. The van der Waals surface area contributed by atoms with Crippen LogP contribution in [0.5, 0.6) is 0 Å². The molecule has 2 rings (SSSR count). The Morgan fingerprint density at radius 2 is 1.96 bits per heavy atom. The van der Waals surface area contributed by atoms with Gasteiger partial charge in [0.25, 0.3) is 5.91 Å². The standard InChI is InChI=1S/C15H14ClN3O5S/c1-9-6-18-13(7-17-9)15(21)24-8-14(20)19-12-5-10(25(2,22)23)3-4-11(12)16/h3-7H,8H2,1-2H3,(H,19,20). The number of esters is 1. The van der Waals surface area contributed by atoms with Crippen LogP contribution >= 0.6 is 11.6 Å². The summed E-state index contributed by atoms with van der Waals surface area (Å²) in [6.07, 6.45) is 3.67. The van der Waals surface area contributed by atoms with Crippen LogP contribution in [0.2, 0.25) is 5.02 Å². The monoisotopic (exact) mass is 383 g/mol. The molecule has 25 heavy (non-hydrogen) atoms. The number of halogens is 1. The molecule has 0 saturated carbocycles. The number of hydrogen-bond acceptors (Lipinski definition) is 7. The molecule has 0 bridgehead atoms. The Labute approximate surface area is 149 Å². The summed E-state index contributed by atoms with van der Waals surface area (Å²) in [5.41, 5.74) is 0.700. The van der Waals surface area contributed by atoms with Crippen molar-refractivity contribution in [1.29, 1.82) is 0 Å². The zero-order valence-corrected chi connectivity index (χ0v) is 14.9. The van der Waals surface area contributed by atoms with E-state index in [0.717, 1.165) is 6.26 Å². The van der Waals surface area contributed by atoms with Gasteiger partial charge in [0.1, 0.15) is 0 Å². The number of carbonyl (C=O) groups is 2. The number of anilines is 1. The molecular formula is C15H14ClN3O5S. The molecule has 0 unspecified atom stereocenters. The van der Waals surface area contributed by atoms with E-state index in [1.54, 1.807) is 6.92 Å². The first-order valence-corrected chi connectivity index (χ1v) is 9.19. The maximum absolute atomic E-state index is 11.9. The van der Waals surface area contributed by atoms with Crippen molar-refractivity contribution in [3.05, 3.63) is 47.0 Å². The van der Waals surface area contributed by atoms with Gasteiger partial charge in [-0.1, -0.05) is 11.6 Å². The molecule has 1 amide bonds. The van der Waals surface area contributed by atoms with E-state index in [1.165, 1.54) is 30.6 Å². The lowest BCUT2D eigenvalue weighted by molar-refractivity contribution is -0.119. The highest BCUT2D eigenvalue weighted by Gasteiger charge is 2.15. The van der Waals surface area contributed by atoms with Crippen molar-refractivity contribution in [3.8, 4) is 0 Å². The summed E-state index contributed by atoms with van der Waals surface area (Å²) in [5.74, 6) is -1.49. The second-order valence-corrected chi connectivity index (χ2v) is 7.50. The Balaban J connectivity index is 2.01. The summed E-state index contributed by atoms with van der Waals surface area (Å²) in [7, 11) is -3.45. The number of sulfone groups is 1. The van der Waals surface area contributed by atoms with E-state index in [2.05, 4.69) is 15.3 Å². The van der Waals surface area contributed by atoms with Crippen molar-refractivity contribution in [2.45, 2.75) is 11.8 Å². The number of aryl methyl sites for hydroxylation is 1. The highest BCUT2D eigenvalue weighted by atomic mass is 35.5. The average Bonchev–Trinajstić information content (AvgIpc) is 2.54. The van der Waals surface area contributed by atoms with Crippen LogP contribution < -0.4 is 5.32 Å². The van der Waals surface area contributed by atoms with Crippen molar-refractivity contribution in [1.82, 2.24) is 9.97 Å². The van der Waals surface area contributed by atoms with E-state index in [-0.39, 0.29) is 21.3 Å². The number of aromatic nitrogens is 2. The third kappa shape index (κ3) is 5.23. The number of nitrogens with zero attached hydrogens (tertiary/aromatic N) is 2. The van der Waals surface area contributed by atoms with Crippen LogP contribution in [-0.4, -0.2) is 43.1 Å². The molecule has 1 aromatic carbocycles. The quantitative estimate of drug-likeness (QED) is 0.780. The molecular weight excluding hydrogens is 370 g/mol. The zero-order chi connectivity index (χ0) is 18.6. The molecule has 8 nitrogen and oxygen atoms in total. The van der Waals surface area contributed by atoms with Gasteiger partial charge in [-0.25, -0.2) is 18.2 Å². The summed E-state index contributed by atoms with van der Waals surface area (Å²) in [5, 5.41) is 2.54. The van der Waals surface area contributed by atoms with Gasteiger partial charge in [-0.05, 0) is 25.1 Å². The lowest BCUT2D eigenvalue weighted by Gasteiger charge is -2.09. The first-order chi connectivity index (χ1) is 11.7. The summed E-state index contributed by atoms with van der Waals surface area (Å²) in [6, 6.07) is 3.90. The van der Waals surface area contributed by atoms with Gasteiger partial charge in [0.15, 0.2) is 22.1 Å². The number of hydrogen-bond donors (Lipinski definition) is 1. The molecule has 0 aliphatic rings. The van der Waals surface area contributed by atoms with E-state index >= 15 is 0 Å². The van der Waals surface area contributed by atoms with Crippen LogP contribution in [0.3, 0.4) is 0 Å². The molecule has 132 valence electrons. The number of benzene rings is 1. The molecule has 0 spiro atoms. The van der Waals surface area contributed by atoms with Gasteiger partial charge in [-0.3, -0.25) is 9.78 Å². The van der Waals surface area contributed by atoms with Crippen LogP contribution in [0.25, 0.3) is 0 Å². The number of carbonyl (C=O) groups excluding carboxylic acids is 2. The fourth-order valence-corrected chi connectivity index (χ4v) is 2.53. The second-order valence-electron chi connectivity index (χ2n) is 5.08. The van der Waals surface area contributed by atoms with Crippen molar-refractivity contribution in [2.75, 3.05) is 18.2 Å². The lowest BCUT2D eigenvalue weighted by atomic mass is 10.3. The molecule has 1 N–H and O–H groups in total. The molecule has 0 aliphatic heterocycles. The van der Waals surface area contributed by atoms with Gasteiger partial charge in [0.2, 0.25) is 0 Å². The van der Waals surface area contributed by atoms with Crippen molar-refractivity contribution in [3.63, 3.8) is 0 Å². The number of amides is 1. The predicted molar refractivity (Wildman–Crippen MR) is 90.2 cm³/mol. The maximum atomic E-state index is 11.9. The Kier molecular flexibility index (Phi) is 5.70. The fraction of sp³-hybridized carbons (Fsp3) is 0.200. The minimum absolute atomic E-state index is 0.000811. The lowest BCUT2D eigenvalue weighted by Crippen LogP contribution is -2.21. The van der Waals surface area contributed by atoms with Gasteiger partial charge in [-0.2, -0.15) is 0 Å². The Morgan fingerprint density at radius 1 is 1.24 bits per heavy atom. The normalized spacial score (nSPS) is 11.0. The summed E-state index contributed by atoms with van der Waals surface area (Å²) in [4.78, 5) is 31.4. The molecule has 1 heterocycles. The van der Waals surface area contributed by atoms with Crippen LogP contribution in [0.15, 0.2) is 35.5 Å². The number of rotatable bonds is 5. The third-order valence-electron chi connectivity index (χ3n) is 2.96. The average molecular weight is 384 g/mol. The minimum Gasteiger partial charge on any atom is -0.451 e. The highest BCUT2D eigenvalue weighted by Crippen LogP contribution is 2.25. The van der Waals surface area contributed by atoms with Crippen LogP contribution in [0.4, 0.5) is 5.69 Å². The topological polar surface area (TPSA) is 115 Å². The molecule has 0 aliphatic carbocycles. The molecule has 10 heteroatoms.